The van der Waals surface area contributed by atoms with Crippen molar-refractivity contribution in [2.45, 2.75) is 102 Å². The minimum absolute atomic E-state index is 0.0174. The van der Waals surface area contributed by atoms with Gasteiger partial charge < -0.3 is 33.2 Å². The maximum atomic E-state index is 14.7. The number of methoxy groups -OCH3 is 1. The molecule has 1 aliphatic carbocycles. The van der Waals surface area contributed by atoms with Crippen LogP contribution in [0.4, 0.5) is 0 Å². The number of fused-ring (bicyclic) bond motifs is 1. The minimum atomic E-state index is -2.63. The molecule has 2 aliphatic heterocycles. The molecule has 0 amide bonds. The van der Waals surface area contributed by atoms with Gasteiger partial charge in [0.1, 0.15) is 22.7 Å². The van der Waals surface area contributed by atoms with Gasteiger partial charge in [0.25, 0.3) is 0 Å². The molecule has 9 nitrogen and oxygen atoms in total. The van der Waals surface area contributed by atoms with E-state index in [9.17, 15) is 14.7 Å². The van der Waals surface area contributed by atoms with E-state index in [1.54, 1.807) is 39.0 Å². The fourth-order valence-corrected chi connectivity index (χ4v) is 8.08. The lowest BCUT2D eigenvalue weighted by atomic mass is 9.60. The van der Waals surface area contributed by atoms with Crippen molar-refractivity contribution in [1.82, 2.24) is 0 Å². The molecule has 0 aromatic heterocycles. The summed E-state index contributed by atoms with van der Waals surface area (Å²) in [6.07, 6.45) is -0.178. The Morgan fingerprint density at radius 2 is 1.75 bits per heavy atom. The predicted molar refractivity (Wildman–Crippen MR) is 166 cm³/mol. The molecule has 1 spiro atoms. The molecule has 5 rings (SSSR count). The molecule has 1 N–H and O–H groups in total. The first-order valence-corrected chi connectivity index (χ1v) is 18.7. The Morgan fingerprint density at radius 1 is 1.02 bits per heavy atom. The van der Waals surface area contributed by atoms with Crippen molar-refractivity contribution in [3.05, 3.63) is 76.6 Å². The summed E-state index contributed by atoms with van der Waals surface area (Å²) in [4.78, 5) is 29.2. The molecule has 3 aliphatic rings. The average Bonchev–Trinajstić information content (AvgIpc) is 2.94. The van der Waals surface area contributed by atoms with Crippen LogP contribution in [0.3, 0.4) is 0 Å². The third kappa shape index (κ3) is 5.74. The van der Waals surface area contributed by atoms with Crippen LogP contribution < -0.4 is 4.74 Å². The summed E-state index contributed by atoms with van der Waals surface area (Å²) in [6.45, 7) is 11.5. The minimum Gasteiger partial charge on any atom is -0.496 e. The van der Waals surface area contributed by atoms with Crippen LogP contribution >= 0.6 is 0 Å². The molecule has 1 unspecified atom stereocenters. The second kappa shape index (κ2) is 12.1. The van der Waals surface area contributed by atoms with Gasteiger partial charge >= 0.3 is 5.97 Å². The van der Waals surface area contributed by atoms with E-state index in [0.717, 1.165) is 12.0 Å². The highest BCUT2D eigenvalue weighted by molar-refractivity contribution is 6.69. The number of benzene rings is 2. The lowest BCUT2D eigenvalue weighted by Crippen LogP contribution is -2.72. The Morgan fingerprint density at radius 3 is 2.36 bits per heavy atom. The van der Waals surface area contributed by atoms with Crippen LogP contribution in [0.5, 0.6) is 5.75 Å². The van der Waals surface area contributed by atoms with Crippen molar-refractivity contribution in [3.8, 4) is 5.75 Å². The molecule has 2 heterocycles. The van der Waals surface area contributed by atoms with Gasteiger partial charge in [-0.05, 0) is 57.5 Å². The van der Waals surface area contributed by atoms with E-state index >= 15 is 0 Å². The molecule has 44 heavy (non-hydrogen) atoms. The van der Waals surface area contributed by atoms with Gasteiger partial charge in [-0.25, -0.2) is 4.79 Å². The van der Waals surface area contributed by atoms with Gasteiger partial charge in [0.2, 0.25) is 5.79 Å². The van der Waals surface area contributed by atoms with Crippen molar-refractivity contribution in [2.75, 3.05) is 13.7 Å². The van der Waals surface area contributed by atoms with E-state index < -0.39 is 43.5 Å². The molecule has 238 valence electrons. The SMILES string of the molecule is COc1cccc2c1C(=O)[C@@H](OCc1ccccc1)[C@@]1(CCCCO1)[C@]2(O[Si](C)(C)C)C1=C(CC(C)O)OC(C)(C)OC1=O. The molecule has 0 bridgehead atoms. The fraction of sp³-hybridized carbons (Fsp3) is 0.529. The zero-order valence-corrected chi connectivity index (χ0v) is 27.7. The third-order valence-electron chi connectivity index (χ3n) is 8.17. The molecule has 0 radical (unpaired) electrons. The van der Waals surface area contributed by atoms with E-state index in [2.05, 4.69) is 0 Å². The zero-order chi connectivity index (χ0) is 31.9. The second-order valence-electron chi connectivity index (χ2n) is 13.3. The quantitative estimate of drug-likeness (QED) is 0.274. The predicted octanol–water partition coefficient (Wildman–Crippen LogP) is 5.80. The number of rotatable bonds is 9. The van der Waals surface area contributed by atoms with E-state index in [1.165, 1.54) is 7.11 Å². The Labute approximate surface area is 260 Å². The number of hydrogen-bond donors (Lipinski definition) is 1. The van der Waals surface area contributed by atoms with E-state index in [-0.39, 0.29) is 35.7 Å². The number of Topliss-reactive ketones (excluding diaryl/α,β-unsaturated/α-hetero) is 1. The number of aliphatic hydroxyl groups excluding tert-OH is 1. The number of carbonyl (C=O) groups excluding carboxylic acids is 2. The first-order valence-electron chi connectivity index (χ1n) is 15.3. The summed E-state index contributed by atoms with van der Waals surface area (Å²) in [5.74, 6) is -1.70. The largest absolute Gasteiger partial charge is 0.496 e. The van der Waals surface area contributed by atoms with Crippen molar-refractivity contribution < 1.29 is 42.8 Å². The maximum absolute atomic E-state index is 14.7. The van der Waals surface area contributed by atoms with Gasteiger partial charge in [-0.1, -0.05) is 42.5 Å². The number of cyclic esters (lactones) is 1. The molecular formula is C34H44O9Si. The van der Waals surface area contributed by atoms with Gasteiger partial charge in [0.05, 0.1) is 25.4 Å². The number of ketones is 1. The molecule has 0 saturated carbocycles. The summed E-state index contributed by atoms with van der Waals surface area (Å²) in [5.41, 5.74) is -1.52. The Kier molecular flexibility index (Phi) is 8.87. The summed E-state index contributed by atoms with van der Waals surface area (Å²) in [6, 6.07) is 14.9. The number of ether oxygens (including phenoxy) is 5. The standard InChI is InChI=1S/C34H44O9Si/c1-22(35)20-26-28(31(37)42-32(2,3)41-26)34(43-44(5,6)7)24-16-13-17-25(38-4)27(24)29(36)30(33(34)18-11-12-19-40-33)39-21-23-14-9-8-10-15-23/h8-10,13-17,22,30,35H,11-12,18-21H2,1-7H3/t22?,30-,33+,34-/m1/s1. The molecule has 2 aromatic rings. The third-order valence-corrected chi connectivity index (χ3v) is 9.09. The molecule has 4 atom stereocenters. The van der Waals surface area contributed by atoms with E-state index in [0.29, 0.717) is 30.8 Å². The average molecular weight is 625 g/mol. The highest BCUT2D eigenvalue weighted by Crippen LogP contribution is 2.60. The van der Waals surface area contributed by atoms with Crippen molar-refractivity contribution >= 4 is 20.1 Å². The van der Waals surface area contributed by atoms with E-state index in [1.807, 2.05) is 50.0 Å². The molecule has 2 aromatic carbocycles. The molecule has 1 saturated heterocycles. The van der Waals surface area contributed by atoms with Crippen LogP contribution in [0.25, 0.3) is 0 Å². The highest BCUT2D eigenvalue weighted by atomic mass is 28.4. The number of aliphatic hydroxyl groups is 1. The number of esters is 1. The van der Waals surface area contributed by atoms with Crippen LogP contribution in [-0.2, 0) is 40.4 Å². The maximum Gasteiger partial charge on any atom is 0.344 e. The zero-order valence-electron chi connectivity index (χ0n) is 26.7. The van der Waals surface area contributed by atoms with Crippen LogP contribution in [0.15, 0.2) is 59.9 Å². The number of hydrogen-bond acceptors (Lipinski definition) is 9. The van der Waals surface area contributed by atoms with Crippen molar-refractivity contribution in [3.63, 3.8) is 0 Å². The van der Waals surface area contributed by atoms with Crippen LogP contribution in [0.1, 0.15) is 67.9 Å². The smallest absolute Gasteiger partial charge is 0.344 e. The molecule has 1 fully saturated rings. The second-order valence-corrected chi connectivity index (χ2v) is 17.7. The number of carbonyl (C=O) groups is 2. The van der Waals surface area contributed by atoms with Crippen LogP contribution in [-0.4, -0.2) is 62.5 Å². The Balaban J connectivity index is 1.90. The van der Waals surface area contributed by atoms with Gasteiger partial charge in [-0.3, -0.25) is 4.79 Å². The van der Waals surface area contributed by atoms with Gasteiger partial charge in [0.15, 0.2) is 25.8 Å². The highest BCUT2D eigenvalue weighted by Gasteiger charge is 2.71. The van der Waals surface area contributed by atoms with Crippen molar-refractivity contribution in [2.24, 2.45) is 0 Å². The summed E-state index contributed by atoms with van der Waals surface area (Å²) in [5, 5.41) is 10.6. The topological polar surface area (TPSA) is 110 Å². The van der Waals surface area contributed by atoms with E-state index in [4.69, 9.17) is 28.1 Å². The Hall–Kier alpha value is -3.02. The summed E-state index contributed by atoms with van der Waals surface area (Å²) in [7, 11) is -1.12. The summed E-state index contributed by atoms with van der Waals surface area (Å²) >= 11 is 0. The monoisotopic (exact) mass is 624 g/mol. The van der Waals surface area contributed by atoms with Crippen LogP contribution in [0.2, 0.25) is 19.6 Å². The molecule has 10 heteroatoms. The lowest BCUT2D eigenvalue weighted by Gasteiger charge is -2.59. The van der Waals surface area contributed by atoms with Gasteiger partial charge in [0, 0.05) is 32.4 Å². The Bertz CT molecular complexity index is 1420. The lowest BCUT2D eigenvalue weighted by molar-refractivity contribution is -0.249. The fourth-order valence-electron chi connectivity index (χ4n) is 6.78. The summed E-state index contributed by atoms with van der Waals surface area (Å²) < 4.78 is 38.8. The first-order chi connectivity index (χ1) is 20.7. The molecular weight excluding hydrogens is 580 g/mol. The van der Waals surface area contributed by atoms with Gasteiger partial charge in [-0.2, -0.15) is 0 Å². The van der Waals surface area contributed by atoms with Crippen LogP contribution in [0, 0.1) is 0 Å². The van der Waals surface area contributed by atoms with Crippen molar-refractivity contribution in [1.29, 1.82) is 0 Å². The first kappa shape index (κ1) is 32.4. The van der Waals surface area contributed by atoms with Gasteiger partial charge in [-0.15, -0.1) is 0 Å². The normalized spacial score (nSPS) is 27.4.